The zero-order valence-corrected chi connectivity index (χ0v) is 17.9. The summed E-state index contributed by atoms with van der Waals surface area (Å²) in [6.07, 6.45) is 3.99. The summed E-state index contributed by atoms with van der Waals surface area (Å²) in [6, 6.07) is 10.5. The van der Waals surface area contributed by atoms with E-state index in [1.807, 2.05) is 0 Å². The third-order valence-corrected chi connectivity index (χ3v) is 4.69. The number of terminal acetylenes is 1. The molecule has 0 unspecified atom stereocenters. The molecule has 0 aliphatic rings. The minimum absolute atomic E-state index is 0.146. The highest BCUT2D eigenvalue weighted by molar-refractivity contribution is 6.04. The molecule has 0 fully saturated rings. The van der Waals surface area contributed by atoms with Crippen LogP contribution in [0, 0.1) is 24.2 Å². The molecular weight excluding hydrogens is 424 g/mol. The van der Waals surface area contributed by atoms with Gasteiger partial charge in [-0.25, -0.2) is 5.48 Å². The lowest BCUT2D eigenvalue weighted by Crippen LogP contribution is -2.51. The predicted molar refractivity (Wildman–Crippen MR) is 121 cm³/mol. The second-order valence-electron chi connectivity index (χ2n) is 6.93. The van der Waals surface area contributed by atoms with Gasteiger partial charge in [-0.15, -0.1) is 6.42 Å². The molecule has 0 saturated heterocycles. The van der Waals surface area contributed by atoms with Gasteiger partial charge in [0.15, 0.2) is 0 Å². The first-order valence-corrected chi connectivity index (χ1v) is 9.91. The summed E-state index contributed by atoms with van der Waals surface area (Å²) in [4.78, 5) is 36.7. The maximum absolute atomic E-state index is 13.2. The van der Waals surface area contributed by atoms with E-state index in [0.717, 1.165) is 0 Å². The van der Waals surface area contributed by atoms with Crippen molar-refractivity contribution >= 4 is 17.7 Å². The topological polar surface area (TPSA) is 154 Å². The number of nitrogens with two attached hydrogens (primary N) is 1. The van der Waals surface area contributed by atoms with Gasteiger partial charge in [-0.3, -0.25) is 19.6 Å². The van der Waals surface area contributed by atoms with Crippen LogP contribution < -0.4 is 21.8 Å². The molecule has 2 rings (SSSR count). The molecule has 9 heteroatoms. The Morgan fingerprint density at radius 1 is 1.15 bits per heavy atom. The van der Waals surface area contributed by atoms with Crippen molar-refractivity contribution in [1.29, 1.82) is 0 Å². The van der Waals surface area contributed by atoms with E-state index in [1.165, 1.54) is 18.5 Å². The van der Waals surface area contributed by atoms with Gasteiger partial charge in [-0.05, 0) is 42.0 Å². The third kappa shape index (κ3) is 6.42. The first kappa shape index (κ1) is 25.1. The summed E-state index contributed by atoms with van der Waals surface area (Å²) in [5, 5.41) is 23.9. The molecule has 7 N–H and O–H groups in total. The lowest BCUT2D eigenvalue weighted by atomic mass is 9.90. The number of aliphatic hydroxyl groups excluding tert-OH is 1. The molecule has 0 aromatic heterocycles. The SMILES string of the molecule is C#CC#Cc1cccc(C(=O)N[C@H](C(=O)NO)[C@@H](C)O)c1-c1ccccc1CNC(=O)CN. The summed E-state index contributed by atoms with van der Waals surface area (Å²) < 4.78 is 0. The molecule has 0 aliphatic heterocycles. The maximum atomic E-state index is 13.2. The number of aliphatic hydroxyl groups is 1. The van der Waals surface area contributed by atoms with E-state index in [9.17, 15) is 19.5 Å². The molecule has 0 heterocycles. The van der Waals surface area contributed by atoms with E-state index >= 15 is 0 Å². The average Bonchev–Trinajstić information content (AvgIpc) is 2.83. The standard InChI is InChI=1S/C24H24N4O5/c1-3-4-8-16-10-7-12-19(23(31)27-22(15(2)29)24(32)28-33)21(16)18-11-6-5-9-17(18)14-26-20(30)13-25/h1,5-7,9-12,15,22,29,33H,13-14,25H2,2H3,(H,26,30)(H,27,31)(H,28,32)/t15-,22+/m1/s1. The Hall–Kier alpha value is -4.15. The van der Waals surface area contributed by atoms with Gasteiger partial charge in [0.2, 0.25) is 5.91 Å². The van der Waals surface area contributed by atoms with E-state index in [-0.39, 0.29) is 24.6 Å². The fourth-order valence-electron chi connectivity index (χ4n) is 3.12. The van der Waals surface area contributed by atoms with Gasteiger partial charge in [0.25, 0.3) is 11.8 Å². The Balaban J connectivity index is 2.63. The number of nitrogens with one attached hydrogen (secondary N) is 3. The number of hydrogen-bond acceptors (Lipinski definition) is 6. The first-order chi connectivity index (χ1) is 15.8. The van der Waals surface area contributed by atoms with Crippen molar-refractivity contribution < 1.29 is 24.7 Å². The Morgan fingerprint density at radius 3 is 2.52 bits per heavy atom. The molecule has 2 aromatic carbocycles. The summed E-state index contributed by atoms with van der Waals surface area (Å²) in [7, 11) is 0. The van der Waals surface area contributed by atoms with E-state index in [4.69, 9.17) is 17.4 Å². The highest BCUT2D eigenvalue weighted by atomic mass is 16.5. The van der Waals surface area contributed by atoms with Crippen molar-refractivity contribution in [2.75, 3.05) is 6.54 Å². The maximum Gasteiger partial charge on any atom is 0.268 e. The van der Waals surface area contributed by atoms with Gasteiger partial charge in [-0.2, -0.15) is 0 Å². The number of benzene rings is 2. The van der Waals surface area contributed by atoms with Gasteiger partial charge in [0.05, 0.1) is 12.6 Å². The van der Waals surface area contributed by atoms with Crippen molar-refractivity contribution in [2.24, 2.45) is 5.73 Å². The molecule has 170 valence electrons. The van der Waals surface area contributed by atoms with Crippen LogP contribution in [0.2, 0.25) is 0 Å². The molecule has 0 bridgehead atoms. The Kier molecular flexibility index (Phi) is 9.16. The van der Waals surface area contributed by atoms with E-state index in [2.05, 4.69) is 28.4 Å². The smallest absolute Gasteiger partial charge is 0.268 e. The summed E-state index contributed by atoms with van der Waals surface area (Å²) >= 11 is 0. The third-order valence-electron chi connectivity index (χ3n) is 4.69. The molecular formula is C24H24N4O5. The monoisotopic (exact) mass is 448 g/mol. The van der Waals surface area contributed by atoms with Crippen molar-refractivity contribution in [3.63, 3.8) is 0 Å². The van der Waals surface area contributed by atoms with Crippen molar-refractivity contribution in [3.8, 4) is 35.3 Å². The van der Waals surface area contributed by atoms with Crippen LogP contribution in [0.4, 0.5) is 0 Å². The average molecular weight is 448 g/mol. The Morgan fingerprint density at radius 2 is 1.88 bits per heavy atom. The zero-order valence-electron chi connectivity index (χ0n) is 17.9. The molecule has 0 radical (unpaired) electrons. The van der Waals surface area contributed by atoms with E-state index in [0.29, 0.717) is 22.3 Å². The molecule has 2 aromatic rings. The lowest BCUT2D eigenvalue weighted by Gasteiger charge is -2.21. The van der Waals surface area contributed by atoms with Crippen LogP contribution in [0.3, 0.4) is 0 Å². The summed E-state index contributed by atoms with van der Waals surface area (Å²) in [5.74, 6) is 5.57. The number of hydrogen-bond donors (Lipinski definition) is 6. The number of carbonyl (C=O) groups is 3. The molecule has 0 saturated carbocycles. The molecule has 0 spiro atoms. The summed E-state index contributed by atoms with van der Waals surface area (Å²) in [5.41, 5.74) is 9.08. The molecule has 3 amide bonds. The normalized spacial score (nSPS) is 11.7. The van der Waals surface area contributed by atoms with Crippen LogP contribution in [-0.2, 0) is 16.1 Å². The fraction of sp³-hybridized carbons (Fsp3) is 0.208. The lowest BCUT2D eigenvalue weighted by molar-refractivity contribution is -0.133. The highest BCUT2D eigenvalue weighted by Crippen LogP contribution is 2.31. The molecule has 9 nitrogen and oxygen atoms in total. The van der Waals surface area contributed by atoms with Crippen molar-refractivity contribution in [1.82, 2.24) is 16.1 Å². The largest absolute Gasteiger partial charge is 0.391 e. The second kappa shape index (κ2) is 12.0. The van der Waals surface area contributed by atoms with Crippen molar-refractivity contribution in [3.05, 3.63) is 59.2 Å². The van der Waals surface area contributed by atoms with Crippen LogP contribution in [0.5, 0.6) is 0 Å². The van der Waals surface area contributed by atoms with Crippen molar-refractivity contribution in [2.45, 2.75) is 25.6 Å². The van der Waals surface area contributed by atoms with Crippen LogP contribution in [0.15, 0.2) is 42.5 Å². The van der Waals surface area contributed by atoms with Crippen LogP contribution in [0.25, 0.3) is 11.1 Å². The van der Waals surface area contributed by atoms with Gasteiger partial charge in [-0.1, -0.05) is 36.3 Å². The minimum Gasteiger partial charge on any atom is -0.391 e. The Labute approximate surface area is 191 Å². The van der Waals surface area contributed by atoms with Gasteiger partial charge >= 0.3 is 0 Å². The zero-order chi connectivity index (χ0) is 24.4. The number of carbonyl (C=O) groups excluding carboxylic acids is 3. The van der Waals surface area contributed by atoms with Crippen LogP contribution in [0.1, 0.15) is 28.4 Å². The Bertz CT molecular complexity index is 1140. The van der Waals surface area contributed by atoms with E-state index < -0.39 is 24.0 Å². The van der Waals surface area contributed by atoms with Crippen LogP contribution in [-0.4, -0.2) is 46.7 Å². The molecule has 2 atom stereocenters. The quantitative estimate of drug-likeness (QED) is 0.188. The first-order valence-electron chi connectivity index (χ1n) is 9.91. The fourth-order valence-corrected chi connectivity index (χ4v) is 3.12. The molecule has 33 heavy (non-hydrogen) atoms. The highest BCUT2D eigenvalue weighted by Gasteiger charge is 2.27. The van der Waals surface area contributed by atoms with Crippen LogP contribution >= 0.6 is 0 Å². The predicted octanol–water partition coefficient (Wildman–Crippen LogP) is -0.102. The van der Waals surface area contributed by atoms with Gasteiger partial charge in [0, 0.05) is 23.2 Å². The molecule has 0 aliphatic carbocycles. The number of hydroxylamine groups is 1. The minimum atomic E-state index is -1.41. The van der Waals surface area contributed by atoms with E-state index in [1.54, 1.807) is 36.4 Å². The second-order valence-corrected chi connectivity index (χ2v) is 6.93. The number of amides is 3. The van der Waals surface area contributed by atoms with Gasteiger partial charge < -0.3 is 21.5 Å². The number of rotatable bonds is 8. The summed E-state index contributed by atoms with van der Waals surface area (Å²) in [6.45, 7) is 1.27. The van der Waals surface area contributed by atoms with Gasteiger partial charge in [0.1, 0.15) is 6.04 Å².